The highest BCUT2D eigenvalue weighted by molar-refractivity contribution is 5.73. The van der Waals surface area contributed by atoms with Gasteiger partial charge in [0, 0.05) is 18.4 Å². The van der Waals surface area contributed by atoms with Crippen molar-refractivity contribution in [3.8, 4) is 0 Å². The summed E-state index contributed by atoms with van der Waals surface area (Å²) in [5, 5.41) is 9.22. The number of rotatable bonds is 4. The van der Waals surface area contributed by atoms with E-state index in [4.69, 9.17) is 0 Å². The van der Waals surface area contributed by atoms with Gasteiger partial charge in [0.1, 0.15) is 6.04 Å². The fraction of sp³-hybridized carbons (Fsp3) is 0.538. The zero-order chi connectivity index (χ0) is 12.3. The molecule has 1 saturated heterocycles. The third-order valence-corrected chi connectivity index (χ3v) is 3.44. The largest absolute Gasteiger partial charge is 0.480 e. The third kappa shape index (κ3) is 2.47. The summed E-state index contributed by atoms with van der Waals surface area (Å²) in [5.74, 6) is -0.704. The van der Waals surface area contributed by atoms with Crippen molar-refractivity contribution in [1.29, 1.82) is 0 Å². The second kappa shape index (κ2) is 5.27. The molecule has 2 heterocycles. The van der Waals surface area contributed by atoms with Gasteiger partial charge >= 0.3 is 5.97 Å². The fourth-order valence-electron chi connectivity index (χ4n) is 2.66. The van der Waals surface area contributed by atoms with Gasteiger partial charge in [-0.15, -0.1) is 0 Å². The molecule has 2 rings (SSSR count). The van der Waals surface area contributed by atoms with Crippen LogP contribution in [0.3, 0.4) is 0 Å². The Hall–Kier alpha value is -1.42. The maximum absolute atomic E-state index is 11.2. The van der Waals surface area contributed by atoms with Crippen LogP contribution in [0.25, 0.3) is 0 Å². The monoisotopic (exact) mass is 234 g/mol. The van der Waals surface area contributed by atoms with E-state index >= 15 is 0 Å². The van der Waals surface area contributed by atoms with Crippen LogP contribution < -0.4 is 0 Å². The lowest BCUT2D eigenvalue weighted by molar-refractivity contribution is -0.143. The predicted octanol–water partition coefficient (Wildman–Crippen LogP) is 2.08. The van der Waals surface area contributed by atoms with E-state index in [1.54, 1.807) is 6.20 Å². The lowest BCUT2D eigenvalue weighted by Gasteiger charge is -2.30. The molecule has 1 fully saturated rings. The number of carbonyl (C=O) groups is 1. The molecule has 1 aliphatic heterocycles. The summed E-state index contributed by atoms with van der Waals surface area (Å²) in [6.45, 7) is 2.96. The van der Waals surface area contributed by atoms with Crippen LogP contribution in [-0.2, 0) is 4.79 Å². The van der Waals surface area contributed by atoms with Gasteiger partial charge in [0.25, 0.3) is 0 Å². The van der Waals surface area contributed by atoms with Crippen molar-refractivity contribution in [2.24, 2.45) is 0 Å². The van der Waals surface area contributed by atoms with E-state index in [0.717, 1.165) is 31.4 Å². The fourth-order valence-corrected chi connectivity index (χ4v) is 2.66. The first-order valence-corrected chi connectivity index (χ1v) is 6.12. The molecule has 0 aromatic carbocycles. The van der Waals surface area contributed by atoms with Crippen LogP contribution in [-0.4, -0.2) is 33.5 Å². The Morgan fingerprint density at radius 2 is 2.53 bits per heavy atom. The molecule has 17 heavy (non-hydrogen) atoms. The summed E-state index contributed by atoms with van der Waals surface area (Å²) < 4.78 is 0. The number of carboxylic acids is 1. The van der Waals surface area contributed by atoms with E-state index in [1.807, 2.05) is 18.3 Å². The Morgan fingerprint density at radius 1 is 1.71 bits per heavy atom. The number of pyridine rings is 1. The standard InChI is InChI=1S/C13H18N2O2/c1-2-11(10-5-3-7-14-9-10)15-8-4-6-12(15)13(16)17/h3,5,7,9,11-12H,2,4,6,8H2,1H3,(H,16,17). The van der Waals surface area contributed by atoms with Gasteiger partial charge in [-0.2, -0.15) is 0 Å². The zero-order valence-corrected chi connectivity index (χ0v) is 10.0. The van der Waals surface area contributed by atoms with Crippen molar-refractivity contribution in [3.05, 3.63) is 30.1 Å². The van der Waals surface area contributed by atoms with E-state index in [-0.39, 0.29) is 12.1 Å². The molecule has 4 nitrogen and oxygen atoms in total. The average molecular weight is 234 g/mol. The molecule has 0 aliphatic carbocycles. The highest BCUT2D eigenvalue weighted by atomic mass is 16.4. The molecule has 0 saturated carbocycles. The number of hydrogen-bond acceptors (Lipinski definition) is 3. The molecule has 0 bridgehead atoms. The molecule has 0 amide bonds. The summed E-state index contributed by atoms with van der Waals surface area (Å²) in [7, 11) is 0. The van der Waals surface area contributed by atoms with E-state index in [9.17, 15) is 9.90 Å². The molecule has 1 aromatic heterocycles. The van der Waals surface area contributed by atoms with Crippen LogP contribution in [0.15, 0.2) is 24.5 Å². The number of hydrogen-bond donors (Lipinski definition) is 1. The molecule has 1 N–H and O–H groups in total. The van der Waals surface area contributed by atoms with Crippen LogP contribution in [0.5, 0.6) is 0 Å². The van der Waals surface area contributed by atoms with Gasteiger partial charge in [-0.25, -0.2) is 0 Å². The van der Waals surface area contributed by atoms with Gasteiger partial charge in [0.15, 0.2) is 0 Å². The van der Waals surface area contributed by atoms with Crippen molar-refractivity contribution in [2.75, 3.05) is 6.54 Å². The highest BCUT2D eigenvalue weighted by Crippen LogP contribution is 2.31. The molecule has 0 spiro atoms. The second-order valence-electron chi connectivity index (χ2n) is 4.44. The minimum absolute atomic E-state index is 0.173. The van der Waals surface area contributed by atoms with Gasteiger partial charge in [0.05, 0.1) is 0 Å². The average Bonchev–Trinajstić information content (AvgIpc) is 2.81. The van der Waals surface area contributed by atoms with Gasteiger partial charge in [0.2, 0.25) is 0 Å². The van der Waals surface area contributed by atoms with Crippen molar-refractivity contribution in [1.82, 2.24) is 9.88 Å². The summed E-state index contributed by atoms with van der Waals surface area (Å²) in [4.78, 5) is 17.4. The van der Waals surface area contributed by atoms with Crippen molar-refractivity contribution >= 4 is 5.97 Å². The SMILES string of the molecule is CCC(c1cccnc1)N1CCCC1C(=O)O. The first-order chi connectivity index (χ1) is 8.24. The Balaban J connectivity index is 2.21. The number of aliphatic carboxylic acids is 1. The van der Waals surface area contributed by atoms with Crippen LogP contribution >= 0.6 is 0 Å². The molecule has 1 aliphatic rings. The third-order valence-electron chi connectivity index (χ3n) is 3.44. The lowest BCUT2D eigenvalue weighted by Crippen LogP contribution is -2.38. The number of aromatic nitrogens is 1. The molecular weight excluding hydrogens is 216 g/mol. The van der Waals surface area contributed by atoms with Crippen molar-refractivity contribution in [3.63, 3.8) is 0 Å². The first-order valence-electron chi connectivity index (χ1n) is 6.12. The first kappa shape index (κ1) is 12.0. The molecule has 0 radical (unpaired) electrons. The number of carboxylic acid groups (broad SMARTS) is 1. The molecule has 92 valence electrons. The summed E-state index contributed by atoms with van der Waals surface area (Å²) in [5.41, 5.74) is 1.11. The Labute approximate surface area is 101 Å². The van der Waals surface area contributed by atoms with Crippen LogP contribution in [0.1, 0.15) is 37.8 Å². The minimum atomic E-state index is -0.704. The van der Waals surface area contributed by atoms with Crippen LogP contribution in [0.4, 0.5) is 0 Å². The maximum Gasteiger partial charge on any atom is 0.320 e. The molecule has 2 unspecified atom stereocenters. The van der Waals surface area contributed by atoms with E-state index in [0.29, 0.717) is 0 Å². The van der Waals surface area contributed by atoms with E-state index in [1.165, 1.54) is 0 Å². The second-order valence-corrected chi connectivity index (χ2v) is 4.44. The summed E-state index contributed by atoms with van der Waals surface area (Å²) in [6.07, 6.45) is 6.22. The van der Waals surface area contributed by atoms with Gasteiger partial charge in [-0.1, -0.05) is 13.0 Å². The maximum atomic E-state index is 11.2. The van der Waals surface area contributed by atoms with Crippen LogP contribution in [0, 0.1) is 0 Å². The molecule has 4 heteroatoms. The normalized spacial score (nSPS) is 22.5. The summed E-state index contributed by atoms with van der Waals surface area (Å²) >= 11 is 0. The summed E-state index contributed by atoms with van der Waals surface area (Å²) in [6, 6.07) is 3.77. The van der Waals surface area contributed by atoms with E-state index < -0.39 is 5.97 Å². The van der Waals surface area contributed by atoms with Gasteiger partial charge in [-0.3, -0.25) is 14.7 Å². The number of nitrogens with zero attached hydrogens (tertiary/aromatic N) is 2. The predicted molar refractivity (Wildman–Crippen MR) is 64.6 cm³/mol. The topological polar surface area (TPSA) is 53.4 Å². The molecule has 1 aromatic rings. The Morgan fingerprint density at radius 3 is 3.12 bits per heavy atom. The Kier molecular flexibility index (Phi) is 3.74. The van der Waals surface area contributed by atoms with Gasteiger partial charge in [-0.05, 0) is 37.4 Å². The Bertz CT molecular complexity index is 380. The zero-order valence-electron chi connectivity index (χ0n) is 10.0. The van der Waals surface area contributed by atoms with Gasteiger partial charge < -0.3 is 5.11 Å². The van der Waals surface area contributed by atoms with E-state index in [2.05, 4.69) is 16.8 Å². The molecular formula is C13H18N2O2. The lowest BCUT2D eigenvalue weighted by atomic mass is 10.0. The number of likely N-dealkylation sites (tertiary alicyclic amines) is 1. The van der Waals surface area contributed by atoms with Crippen LogP contribution in [0.2, 0.25) is 0 Å². The minimum Gasteiger partial charge on any atom is -0.480 e. The van der Waals surface area contributed by atoms with Crippen molar-refractivity contribution < 1.29 is 9.90 Å². The smallest absolute Gasteiger partial charge is 0.320 e. The molecule has 2 atom stereocenters. The van der Waals surface area contributed by atoms with Crippen molar-refractivity contribution in [2.45, 2.75) is 38.3 Å². The highest BCUT2D eigenvalue weighted by Gasteiger charge is 2.35. The quantitative estimate of drug-likeness (QED) is 0.866.